The van der Waals surface area contributed by atoms with Crippen LogP contribution in [0.5, 0.6) is 0 Å². The smallest absolute Gasteiger partial charge is 0.269 e. The summed E-state index contributed by atoms with van der Waals surface area (Å²) >= 11 is 0. The fourth-order valence-corrected chi connectivity index (χ4v) is 4.42. The Balaban J connectivity index is 1.57. The molecule has 0 radical (unpaired) electrons. The van der Waals surface area contributed by atoms with Crippen molar-refractivity contribution in [3.8, 4) is 0 Å². The van der Waals surface area contributed by atoms with Crippen LogP contribution >= 0.6 is 0 Å². The summed E-state index contributed by atoms with van der Waals surface area (Å²) in [6, 6.07) is 1.96. The number of aryl methyl sites for hydroxylation is 1. The predicted octanol–water partition coefficient (Wildman–Crippen LogP) is 3.00. The number of nitrogens with zero attached hydrogens (tertiary/aromatic N) is 2. The quantitative estimate of drug-likeness (QED) is 0.841. The maximum Gasteiger partial charge on any atom is 0.269 e. The molecule has 1 aromatic heterocycles. The van der Waals surface area contributed by atoms with Gasteiger partial charge in [-0.25, -0.2) is 0 Å². The number of hydrogen-bond acceptors (Lipinski definition) is 3. The normalized spacial score (nSPS) is 21.1. The third kappa shape index (κ3) is 4.00. The largest absolute Gasteiger partial charge is 0.396 e. The number of rotatable bonds is 6. The Kier molecular flexibility index (Phi) is 5.93. The van der Waals surface area contributed by atoms with E-state index in [2.05, 4.69) is 10.4 Å². The van der Waals surface area contributed by atoms with Gasteiger partial charge in [0.2, 0.25) is 0 Å². The summed E-state index contributed by atoms with van der Waals surface area (Å²) in [6.07, 6.45) is 11.1. The number of carbonyl (C=O) groups excluding carboxylic acids is 1. The van der Waals surface area contributed by atoms with E-state index in [0.717, 1.165) is 5.69 Å². The monoisotopic (exact) mass is 333 g/mol. The van der Waals surface area contributed by atoms with Gasteiger partial charge in [0.25, 0.3) is 5.91 Å². The number of nitrogens with one attached hydrogen (secondary N) is 1. The zero-order valence-corrected chi connectivity index (χ0v) is 14.8. The number of aliphatic hydroxyl groups excluding tert-OH is 1. The van der Waals surface area contributed by atoms with Crippen molar-refractivity contribution >= 4 is 5.91 Å². The highest BCUT2D eigenvalue weighted by Crippen LogP contribution is 2.33. The van der Waals surface area contributed by atoms with Gasteiger partial charge in [0, 0.05) is 32.0 Å². The molecular formula is C19H31N3O2. The van der Waals surface area contributed by atoms with Gasteiger partial charge in [-0.2, -0.15) is 5.10 Å². The van der Waals surface area contributed by atoms with Crippen LogP contribution in [0.2, 0.25) is 0 Å². The van der Waals surface area contributed by atoms with Crippen LogP contribution in [0.15, 0.2) is 6.07 Å². The van der Waals surface area contributed by atoms with Crippen molar-refractivity contribution in [3.63, 3.8) is 0 Å². The van der Waals surface area contributed by atoms with E-state index in [4.69, 9.17) is 0 Å². The lowest BCUT2D eigenvalue weighted by atomic mass is 9.80. The van der Waals surface area contributed by atoms with Crippen LogP contribution in [0.4, 0.5) is 0 Å². The number of carbonyl (C=O) groups is 1. The summed E-state index contributed by atoms with van der Waals surface area (Å²) in [5.74, 6) is 1.18. The third-order valence-corrected chi connectivity index (χ3v) is 5.98. The van der Waals surface area contributed by atoms with Crippen LogP contribution in [0.1, 0.15) is 79.9 Å². The fourth-order valence-electron chi connectivity index (χ4n) is 4.42. The minimum Gasteiger partial charge on any atom is -0.396 e. The molecule has 134 valence electrons. The first-order valence-electron chi connectivity index (χ1n) is 9.62. The lowest BCUT2D eigenvalue weighted by molar-refractivity contribution is 0.0905. The summed E-state index contributed by atoms with van der Waals surface area (Å²) in [5, 5.41) is 17.3. The second-order valence-electron chi connectivity index (χ2n) is 7.61. The number of amides is 1. The molecule has 0 saturated heterocycles. The maximum atomic E-state index is 12.5. The Labute approximate surface area is 144 Å². The second kappa shape index (κ2) is 8.15. The Morgan fingerprint density at radius 1 is 1.25 bits per heavy atom. The third-order valence-electron chi connectivity index (χ3n) is 5.98. The zero-order valence-electron chi connectivity index (χ0n) is 14.8. The van der Waals surface area contributed by atoms with Gasteiger partial charge in [-0.05, 0) is 24.8 Å². The minimum absolute atomic E-state index is 0.0662. The average Bonchev–Trinajstić information content (AvgIpc) is 3.25. The van der Waals surface area contributed by atoms with E-state index in [9.17, 15) is 9.90 Å². The second-order valence-corrected chi connectivity index (χ2v) is 7.61. The highest BCUT2D eigenvalue weighted by atomic mass is 16.3. The van der Waals surface area contributed by atoms with Crippen LogP contribution in [0.3, 0.4) is 0 Å². The van der Waals surface area contributed by atoms with Crippen molar-refractivity contribution in [1.29, 1.82) is 0 Å². The lowest BCUT2D eigenvalue weighted by Crippen LogP contribution is -2.36. The first-order valence-corrected chi connectivity index (χ1v) is 9.62. The Hall–Kier alpha value is -1.36. The number of aromatic nitrogens is 2. The minimum atomic E-state index is -0.0662. The van der Waals surface area contributed by atoms with Crippen molar-refractivity contribution in [2.45, 2.75) is 63.7 Å². The number of aliphatic hydroxyl groups is 1. The molecule has 0 aromatic carbocycles. The molecule has 1 unspecified atom stereocenters. The highest BCUT2D eigenvalue weighted by Gasteiger charge is 2.25. The van der Waals surface area contributed by atoms with E-state index in [-0.39, 0.29) is 18.4 Å². The SMILES string of the molecule is Cn1nc(C2CCCC2)cc1C(=O)NCC(CO)C1CCCCC1. The molecule has 1 atom stereocenters. The fraction of sp³-hybridized carbons (Fsp3) is 0.789. The lowest BCUT2D eigenvalue weighted by Gasteiger charge is -2.29. The van der Waals surface area contributed by atoms with E-state index >= 15 is 0 Å². The average molecular weight is 333 g/mol. The molecule has 1 amide bonds. The van der Waals surface area contributed by atoms with E-state index in [1.807, 2.05) is 13.1 Å². The van der Waals surface area contributed by atoms with Gasteiger partial charge in [0.15, 0.2) is 0 Å². The van der Waals surface area contributed by atoms with Crippen molar-refractivity contribution in [2.75, 3.05) is 13.2 Å². The van der Waals surface area contributed by atoms with Crippen LogP contribution in [-0.4, -0.2) is 33.9 Å². The molecule has 1 aromatic rings. The van der Waals surface area contributed by atoms with Crippen LogP contribution in [0.25, 0.3) is 0 Å². The van der Waals surface area contributed by atoms with Gasteiger partial charge in [0.05, 0.1) is 5.69 Å². The highest BCUT2D eigenvalue weighted by molar-refractivity contribution is 5.92. The Morgan fingerprint density at radius 2 is 1.92 bits per heavy atom. The Morgan fingerprint density at radius 3 is 2.58 bits per heavy atom. The molecule has 5 nitrogen and oxygen atoms in total. The van der Waals surface area contributed by atoms with Crippen molar-refractivity contribution in [1.82, 2.24) is 15.1 Å². The molecule has 1 heterocycles. The molecule has 0 spiro atoms. The molecule has 3 rings (SSSR count). The van der Waals surface area contributed by atoms with Crippen LogP contribution in [0, 0.1) is 11.8 Å². The molecule has 2 N–H and O–H groups in total. The molecular weight excluding hydrogens is 302 g/mol. The van der Waals surface area contributed by atoms with Crippen LogP contribution < -0.4 is 5.32 Å². The summed E-state index contributed by atoms with van der Waals surface area (Å²) in [6.45, 7) is 0.716. The summed E-state index contributed by atoms with van der Waals surface area (Å²) in [4.78, 5) is 12.5. The molecule has 2 fully saturated rings. The van der Waals surface area contributed by atoms with Gasteiger partial charge >= 0.3 is 0 Å². The summed E-state index contributed by atoms with van der Waals surface area (Å²) < 4.78 is 1.71. The molecule has 5 heteroatoms. The van der Waals surface area contributed by atoms with E-state index in [1.54, 1.807) is 4.68 Å². The van der Waals surface area contributed by atoms with E-state index < -0.39 is 0 Å². The molecule has 2 aliphatic rings. The molecule has 0 bridgehead atoms. The van der Waals surface area contributed by atoms with Gasteiger partial charge in [-0.15, -0.1) is 0 Å². The first-order chi connectivity index (χ1) is 11.7. The first kappa shape index (κ1) is 17.5. The van der Waals surface area contributed by atoms with Gasteiger partial charge in [-0.1, -0.05) is 44.9 Å². The van der Waals surface area contributed by atoms with Gasteiger partial charge in [0.1, 0.15) is 5.69 Å². The standard InChI is InChI=1S/C19H31N3O2/c1-22-18(11-17(21-22)15-9-5-6-10-15)19(24)20-12-16(13-23)14-7-3-2-4-8-14/h11,14-16,23H,2-10,12-13H2,1H3,(H,20,24). The van der Waals surface area contributed by atoms with Crippen molar-refractivity contribution in [2.24, 2.45) is 18.9 Å². The van der Waals surface area contributed by atoms with E-state index in [1.165, 1.54) is 57.8 Å². The molecule has 2 aliphatic carbocycles. The predicted molar refractivity (Wildman–Crippen MR) is 93.9 cm³/mol. The van der Waals surface area contributed by atoms with Gasteiger partial charge in [-0.3, -0.25) is 9.48 Å². The summed E-state index contributed by atoms with van der Waals surface area (Å²) in [7, 11) is 1.85. The zero-order chi connectivity index (χ0) is 16.9. The summed E-state index contributed by atoms with van der Waals surface area (Å²) in [5.41, 5.74) is 1.70. The van der Waals surface area contributed by atoms with Gasteiger partial charge < -0.3 is 10.4 Å². The molecule has 0 aliphatic heterocycles. The van der Waals surface area contributed by atoms with Crippen molar-refractivity contribution < 1.29 is 9.90 Å². The van der Waals surface area contributed by atoms with E-state index in [0.29, 0.717) is 24.1 Å². The van der Waals surface area contributed by atoms with Crippen molar-refractivity contribution in [3.05, 3.63) is 17.5 Å². The topological polar surface area (TPSA) is 67.2 Å². The molecule has 24 heavy (non-hydrogen) atoms. The maximum absolute atomic E-state index is 12.5. The Bertz CT molecular complexity index is 543. The van der Waals surface area contributed by atoms with Crippen LogP contribution in [-0.2, 0) is 7.05 Å². The molecule has 2 saturated carbocycles. The number of hydrogen-bond donors (Lipinski definition) is 2.